The van der Waals surface area contributed by atoms with Crippen molar-refractivity contribution in [3.63, 3.8) is 0 Å². The van der Waals surface area contributed by atoms with Crippen LogP contribution < -0.4 is 5.73 Å². The standard InChI is InChI=1S/C11H16FNO/c1-11(14,8-13)7-6-9-4-2-3-5-10(9)12/h2-5,14H,6-8,13H2,1H3. The van der Waals surface area contributed by atoms with Crippen LogP contribution in [-0.2, 0) is 6.42 Å². The van der Waals surface area contributed by atoms with Gasteiger partial charge in [-0.3, -0.25) is 0 Å². The molecule has 1 unspecified atom stereocenters. The minimum atomic E-state index is -0.901. The SMILES string of the molecule is CC(O)(CN)CCc1ccccc1F. The molecule has 0 aromatic heterocycles. The zero-order valence-corrected chi connectivity index (χ0v) is 8.33. The summed E-state index contributed by atoms with van der Waals surface area (Å²) in [7, 11) is 0. The van der Waals surface area contributed by atoms with Gasteiger partial charge in [-0.1, -0.05) is 18.2 Å². The highest BCUT2D eigenvalue weighted by Gasteiger charge is 2.18. The van der Waals surface area contributed by atoms with Crippen molar-refractivity contribution in [1.29, 1.82) is 0 Å². The third-order valence-corrected chi connectivity index (χ3v) is 2.33. The van der Waals surface area contributed by atoms with Gasteiger partial charge in [0.25, 0.3) is 0 Å². The summed E-state index contributed by atoms with van der Waals surface area (Å²) in [5.74, 6) is -0.222. The molecule has 78 valence electrons. The average Bonchev–Trinajstić information content (AvgIpc) is 2.17. The summed E-state index contributed by atoms with van der Waals surface area (Å²) in [5, 5.41) is 9.63. The summed E-state index contributed by atoms with van der Waals surface area (Å²) < 4.78 is 13.2. The van der Waals surface area contributed by atoms with E-state index in [0.29, 0.717) is 18.4 Å². The predicted octanol–water partition coefficient (Wildman–Crippen LogP) is 1.47. The third-order valence-electron chi connectivity index (χ3n) is 2.33. The average molecular weight is 197 g/mol. The Morgan fingerprint density at radius 3 is 2.64 bits per heavy atom. The second kappa shape index (κ2) is 4.53. The Bertz CT molecular complexity index is 299. The molecule has 0 saturated heterocycles. The lowest BCUT2D eigenvalue weighted by Crippen LogP contribution is -2.34. The van der Waals surface area contributed by atoms with Crippen LogP contribution in [0.25, 0.3) is 0 Å². The fourth-order valence-electron chi connectivity index (χ4n) is 1.21. The van der Waals surface area contributed by atoms with Crippen LogP contribution in [0.4, 0.5) is 4.39 Å². The highest BCUT2D eigenvalue weighted by molar-refractivity contribution is 5.17. The molecule has 0 radical (unpaired) electrons. The fraction of sp³-hybridized carbons (Fsp3) is 0.455. The maximum absolute atomic E-state index is 13.2. The summed E-state index contributed by atoms with van der Waals surface area (Å²) in [5.41, 5.74) is 5.09. The lowest BCUT2D eigenvalue weighted by molar-refractivity contribution is 0.0601. The second-order valence-electron chi connectivity index (χ2n) is 3.79. The molecule has 0 bridgehead atoms. The van der Waals surface area contributed by atoms with Gasteiger partial charge in [-0.2, -0.15) is 0 Å². The first-order valence-corrected chi connectivity index (χ1v) is 4.71. The second-order valence-corrected chi connectivity index (χ2v) is 3.79. The van der Waals surface area contributed by atoms with Crippen LogP contribution in [0.2, 0.25) is 0 Å². The molecule has 14 heavy (non-hydrogen) atoms. The summed E-state index contributed by atoms with van der Waals surface area (Å²) >= 11 is 0. The lowest BCUT2D eigenvalue weighted by Gasteiger charge is -2.20. The number of aryl methyl sites for hydroxylation is 1. The molecule has 2 nitrogen and oxygen atoms in total. The van der Waals surface area contributed by atoms with Crippen molar-refractivity contribution >= 4 is 0 Å². The van der Waals surface area contributed by atoms with E-state index in [2.05, 4.69) is 0 Å². The highest BCUT2D eigenvalue weighted by Crippen LogP contribution is 2.14. The first-order valence-electron chi connectivity index (χ1n) is 4.71. The van der Waals surface area contributed by atoms with E-state index in [1.54, 1.807) is 25.1 Å². The van der Waals surface area contributed by atoms with E-state index in [0.717, 1.165) is 0 Å². The van der Waals surface area contributed by atoms with Gasteiger partial charge >= 0.3 is 0 Å². The molecular weight excluding hydrogens is 181 g/mol. The molecule has 3 N–H and O–H groups in total. The Morgan fingerprint density at radius 1 is 1.43 bits per heavy atom. The van der Waals surface area contributed by atoms with Crippen molar-refractivity contribution in [3.8, 4) is 0 Å². The number of aliphatic hydroxyl groups is 1. The van der Waals surface area contributed by atoms with E-state index in [1.807, 2.05) is 0 Å². The van der Waals surface area contributed by atoms with Gasteiger partial charge in [0.2, 0.25) is 0 Å². The number of halogens is 1. The first-order chi connectivity index (χ1) is 6.55. The fourth-order valence-corrected chi connectivity index (χ4v) is 1.21. The minimum Gasteiger partial charge on any atom is -0.389 e. The van der Waals surface area contributed by atoms with Gasteiger partial charge in [-0.15, -0.1) is 0 Å². The van der Waals surface area contributed by atoms with Crippen LogP contribution in [0.15, 0.2) is 24.3 Å². The number of hydrogen-bond donors (Lipinski definition) is 2. The molecule has 0 aliphatic rings. The number of rotatable bonds is 4. The van der Waals surface area contributed by atoms with Crippen molar-refractivity contribution in [2.45, 2.75) is 25.4 Å². The molecule has 0 fully saturated rings. The van der Waals surface area contributed by atoms with Gasteiger partial charge in [0.15, 0.2) is 0 Å². The zero-order valence-electron chi connectivity index (χ0n) is 8.33. The minimum absolute atomic E-state index is 0.196. The molecule has 3 heteroatoms. The molecule has 1 atom stereocenters. The van der Waals surface area contributed by atoms with Crippen molar-refractivity contribution in [2.75, 3.05) is 6.54 Å². The molecule has 0 aliphatic carbocycles. The molecule has 0 saturated carbocycles. The van der Waals surface area contributed by atoms with Crippen molar-refractivity contribution < 1.29 is 9.50 Å². The van der Waals surface area contributed by atoms with E-state index in [1.165, 1.54) is 6.07 Å². The van der Waals surface area contributed by atoms with Crippen LogP contribution in [-0.4, -0.2) is 17.3 Å². The Morgan fingerprint density at radius 2 is 2.07 bits per heavy atom. The smallest absolute Gasteiger partial charge is 0.126 e. The van der Waals surface area contributed by atoms with E-state index < -0.39 is 5.60 Å². The van der Waals surface area contributed by atoms with Gasteiger partial charge in [0, 0.05) is 6.54 Å². The van der Waals surface area contributed by atoms with E-state index in [4.69, 9.17) is 5.73 Å². The zero-order chi connectivity index (χ0) is 10.6. The van der Waals surface area contributed by atoms with Gasteiger partial charge < -0.3 is 10.8 Å². The highest BCUT2D eigenvalue weighted by atomic mass is 19.1. The van der Waals surface area contributed by atoms with Crippen molar-refractivity contribution in [1.82, 2.24) is 0 Å². The molecule has 1 aromatic rings. The molecule has 0 aliphatic heterocycles. The van der Waals surface area contributed by atoms with Crippen LogP contribution in [0.1, 0.15) is 18.9 Å². The largest absolute Gasteiger partial charge is 0.389 e. The summed E-state index contributed by atoms with van der Waals surface area (Å²) in [6, 6.07) is 6.59. The monoisotopic (exact) mass is 197 g/mol. The summed E-state index contributed by atoms with van der Waals surface area (Å²) in [6.45, 7) is 1.86. The Labute approximate surface area is 83.6 Å². The molecular formula is C11H16FNO. The molecule has 0 heterocycles. The topological polar surface area (TPSA) is 46.2 Å². The van der Waals surface area contributed by atoms with E-state index >= 15 is 0 Å². The van der Waals surface area contributed by atoms with Gasteiger partial charge in [-0.25, -0.2) is 4.39 Å². The first kappa shape index (κ1) is 11.1. The normalized spacial score (nSPS) is 15.1. The van der Waals surface area contributed by atoms with Crippen LogP contribution in [0.5, 0.6) is 0 Å². The molecule has 1 rings (SSSR count). The lowest BCUT2D eigenvalue weighted by atomic mass is 9.97. The van der Waals surface area contributed by atoms with E-state index in [-0.39, 0.29) is 12.4 Å². The quantitative estimate of drug-likeness (QED) is 0.767. The van der Waals surface area contributed by atoms with Gasteiger partial charge in [-0.05, 0) is 31.4 Å². The Balaban J connectivity index is 2.58. The molecule has 1 aromatic carbocycles. The maximum Gasteiger partial charge on any atom is 0.126 e. The Hall–Kier alpha value is -0.930. The van der Waals surface area contributed by atoms with Gasteiger partial charge in [0.05, 0.1) is 5.60 Å². The number of benzene rings is 1. The van der Waals surface area contributed by atoms with Crippen LogP contribution in [0, 0.1) is 5.82 Å². The van der Waals surface area contributed by atoms with E-state index in [9.17, 15) is 9.50 Å². The summed E-state index contributed by atoms with van der Waals surface area (Å²) in [4.78, 5) is 0. The maximum atomic E-state index is 13.2. The molecule has 0 amide bonds. The van der Waals surface area contributed by atoms with Gasteiger partial charge in [0.1, 0.15) is 5.82 Å². The van der Waals surface area contributed by atoms with Crippen LogP contribution >= 0.6 is 0 Å². The van der Waals surface area contributed by atoms with Crippen molar-refractivity contribution in [2.24, 2.45) is 5.73 Å². The Kier molecular flexibility index (Phi) is 3.61. The summed E-state index contributed by atoms with van der Waals surface area (Å²) in [6.07, 6.45) is 0.987. The number of hydrogen-bond acceptors (Lipinski definition) is 2. The third kappa shape index (κ3) is 3.09. The van der Waals surface area contributed by atoms with Crippen LogP contribution in [0.3, 0.4) is 0 Å². The predicted molar refractivity (Wildman–Crippen MR) is 54.4 cm³/mol. The molecule has 0 spiro atoms. The van der Waals surface area contributed by atoms with Crippen molar-refractivity contribution in [3.05, 3.63) is 35.6 Å². The number of nitrogens with two attached hydrogens (primary N) is 1.